The van der Waals surface area contributed by atoms with Crippen LogP contribution in [0, 0.1) is 5.92 Å². The molecule has 1 aromatic carbocycles. The van der Waals surface area contributed by atoms with Crippen molar-refractivity contribution < 1.29 is 4.79 Å². The first-order valence-electron chi connectivity index (χ1n) is 11.1. The Bertz CT molecular complexity index is 806. The zero-order valence-corrected chi connectivity index (χ0v) is 18.3. The highest BCUT2D eigenvalue weighted by molar-refractivity contribution is 6.30. The van der Waals surface area contributed by atoms with E-state index in [9.17, 15) is 4.79 Å². The summed E-state index contributed by atoms with van der Waals surface area (Å²) in [6, 6.07) is 14.1. The number of rotatable bonds is 6. The van der Waals surface area contributed by atoms with Crippen molar-refractivity contribution >= 4 is 23.3 Å². The molecule has 6 heteroatoms. The maximum Gasteiger partial charge on any atom is 0.222 e. The van der Waals surface area contributed by atoms with Gasteiger partial charge in [0.1, 0.15) is 5.82 Å². The van der Waals surface area contributed by atoms with Crippen LogP contribution in [-0.2, 0) is 11.3 Å². The van der Waals surface area contributed by atoms with Crippen LogP contribution < -0.4 is 4.90 Å². The Balaban J connectivity index is 1.20. The molecule has 1 aromatic heterocycles. The molecule has 5 nitrogen and oxygen atoms in total. The number of piperidine rings is 1. The van der Waals surface area contributed by atoms with Crippen molar-refractivity contribution in [2.45, 2.75) is 32.2 Å². The van der Waals surface area contributed by atoms with Crippen molar-refractivity contribution in [2.75, 3.05) is 44.2 Å². The van der Waals surface area contributed by atoms with Gasteiger partial charge in [-0.15, -0.1) is 0 Å². The number of hydrogen-bond acceptors (Lipinski definition) is 4. The summed E-state index contributed by atoms with van der Waals surface area (Å²) in [6.45, 7) is 6.51. The highest BCUT2D eigenvalue weighted by Gasteiger charge is 2.24. The largest absolute Gasteiger partial charge is 0.353 e. The highest BCUT2D eigenvalue weighted by atomic mass is 35.5. The van der Waals surface area contributed by atoms with Crippen molar-refractivity contribution in [1.82, 2.24) is 14.8 Å². The van der Waals surface area contributed by atoms with E-state index in [1.54, 1.807) is 0 Å². The van der Waals surface area contributed by atoms with E-state index in [0.717, 1.165) is 63.1 Å². The zero-order chi connectivity index (χ0) is 20.8. The molecule has 0 unspecified atom stereocenters. The summed E-state index contributed by atoms with van der Waals surface area (Å²) in [4.78, 5) is 24.0. The van der Waals surface area contributed by atoms with Gasteiger partial charge in [0.2, 0.25) is 5.91 Å². The first kappa shape index (κ1) is 21.1. The molecule has 2 aliphatic heterocycles. The third kappa shape index (κ3) is 5.73. The second-order valence-corrected chi connectivity index (χ2v) is 8.90. The van der Waals surface area contributed by atoms with Gasteiger partial charge in [-0.05, 0) is 61.6 Å². The SMILES string of the molecule is O=C(CC[C@H]1CCCN(Cc2ccc(Cl)cc2)C1)N1CCN(c2ccccn2)CC1. The minimum Gasteiger partial charge on any atom is -0.353 e. The summed E-state index contributed by atoms with van der Waals surface area (Å²) < 4.78 is 0. The third-order valence-electron chi connectivity index (χ3n) is 6.29. The van der Waals surface area contributed by atoms with Crippen LogP contribution in [0.2, 0.25) is 5.02 Å². The van der Waals surface area contributed by atoms with Crippen LogP contribution in [-0.4, -0.2) is 60.0 Å². The lowest BCUT2D eigenvalue weighted by Crippen LogP contribution is -2.49. The van der Waals surface area contributed by atoms with Crippen LogP contribution in [0.3, 0.4) is 0 Å². The number of nitrogens with zero attached hydrogens (tertiary/aromatic N) is 4. The number of pyridine rings is 1. The fraction of sp³-hybridized carbons (Fsp3) is 0.500. The topological polar surface area (TPSA) is 39.7 Å². The summed E-state index contributed by atoms with van der Waals surface area (Å²) in [6.07, 6.45) is 5.94. The fourth-order valence-corrected chi connectivity index (χ4v) is 4.72. The van der Waals surface area contributed by atoms with Gasteiger partial charge in [-0.3, -0.25) is 9.69 Å². The van der Waals surface area contributed by atoms with Gasteiger partial charge in [0.25, 0.3) is 0 Å². The summed E-state index contributed by atoms with van der Waals surface area (Å²) >= 11 is 6.00. The van der Waals surface area contributed by atoms with E-state index in [4.69, 9.17) is 11.6 Å². The number of halogens is 1. The Morgan fingerprint density at radius 3 is 2.57 bits per heavy atom. The molecule has 160 valence electrons. The number of carbonyl (C=O) groups excluding carboxylic acids is 1. The van der Waals surface area contributed by atoms with Gasteiger partial charge in [-0.1, -0.05) is 29.8 Å². The Morgan fingerprint density at radius 1 is 1.03 bits per heavy atom. The normalized spacial score (nSPS) is 20.4. The molecule has 0 bridgehead atoms. The zero-order valence-electron chi connectivity index (χ0n) is 17.5. The summed E-state index contributed by atoms with van der Waals surface area (Å²) in [5.41, 5.74) is 1.31. The van der Waals surface area contributed by atoms with Gasteiger partial charge in [0, 0.05) is 56.9 Å². The molecule has 2 saturated heterocycles. The molecule has 30 heavy (non-hydrogen) atoms. The number of amides is 1. The van der Waals surface area contributed by atoms with Gasteiger partial charge >= 0.3 is 0 Å². The van der Waals surface area contributed by atoms with Crippen LogP contribution in [0.15, 0.2) is 48.7 Å². The van der Waals surface area contributed by atoms with Crippen molar-refractivity contribution in [1.29, 1.82) is 0 Å². The lowest BCUT2D eigenvalue weighted by atomic mass is 9.92. The van der Waals surface area contributed by atoms with Crippen LogP contribution >= 0.6 is 11.6 Å². The molecule has 0 saturated carbocycles. The van der Waals surface area contributed by atoms with E-state index in [0.29, 0.717) is 18.2 Å². The van der Waals surface area contributed by atoms with Crippen LogP contribution in [0.5, 0.6) is 0 Å². The van der Waals surface area contributed by atoms with Gasteiger partial charge in [0.15, 0.2) is 0 Å². The Kier molecular flexibility index (Phi) is 7.24. The van der Waals surface area contributed by atoms with E-state index in [1.807, 2.05) is 41.4 Å². The second kappa shape index (κ2) is 10.3. The molecule has 4 rings (SSSR count). The standard InChI is InChI=1S/C24H31ClN4O/c25-22-9-6-21(7-10-22)19-27-13-3-4-20(18-27)8-11-24(30)29-16-14-28(15-17-29)23-5-1-2-12-26-23/h1-2,5-7,9-10,12,20H,3-4,8,11,13-19H2/t20-/m1/s1. The second-order valence-electron chi connectivity index (χ2n) is 8.46. The van der Waals surface area contributed by atoms with Gasteiger partial charge in [0.05, 0.1) is 0 Å². The number of aromatic nitrogens is 1. The molecule has 3 heterocycles. The molecule has 0 aliphatic carbocycles. The first-order valence-corrected chi connectivity index (χ1v) is 11.5. The Hall–Kier alpha value is -2.11. The predicted molar refractivity (Wildman–Crippen MR) is 122 cm³/mol. The van der Waals surface area contributed by atoms with E-state index < -0.39 is 0 Å². The molecule has 0 radical (unpaired) electrons. The average Bonchev–Trinajstić information content (AvgIpc) is 2.80. The van der Waals surface area contributed by atoms with E-state index in [1.165, 1.54) is 18.4 Å². The van der Waals surface area contributed by atoms with Gasteiger partial charge in [-0.25, -0.2) is 4.98 Å². The quantitative estimate of drug-likeness (QED) is 0.697. The molecule has 0 spiro atoms. The van der Waals surface area contributed by atoms with Gasteiger partial charge < -0.3 is 9.80 Å². The van der Waals surface area contributed by atoms with E-state index >= 15 is 0 Å². The average molecular weight is 427 g/mol. The van der Waals surface area contributed by atoms with E-state index in [2.05, 4.69) is 26.9 Å². The Labute approximate surface area is 184 Å². The van der Waals surface area contributed by atoms with Crippen molar-refractivity contribution in [3.8, 4) is 0 Å². The molecule has 2 aliphatic rings. The Morgan fingerprint density at radius 2 is 1.83 bits per heavy atom. The monoisotopic (exact) mass is 426 g/mol. The van der Waals surface area contributed by atoms with Crippen molar-refractivity contribution in [3.63, 3.8) is 0 Å². The maximum atomic E-state index is 12.8. The van der Waals surface area contributed by atoms with Crippen LogP contribution in [0.25, 0.3) is 0 Å². The van der Waals surface area contributed by atoms with Crippen LogP contribution in [0.4, 0.5) is 5.82 Å². The number of hydrogen-bond donors (Lipinski definition) is 0. The highest BCUT2D eigenvalue weighted by Crippen LogP contribution is 2.23. The summed E-state index contributed by atoms with van der Waals surface area (Å²) in [5, 5.41) is 0.787. The van der Waals surface area contributed by atoms with E-state index in [-0.39, 0.29) is 0 Å². The minimum atomic E-state index is 0.311. The number of piperazine rings is 1. The number of carbonyl (C=O) groups is 1. The van der Waals surface area contributed by atoms with Gasteiger partial charge in [-0.2, -0.15) is 0 Å². The molecular formula is C24H31ClN4O. The summed E-state index contributed by atoms with van der Waals surface area (Å²) in [7, 11) is 0. The molecule has 2 aromatic rings. The van der Waals surface area contributed by atoms with Crippen molar-refractivity contribution in [2.24, 2.45) is 5.92 Å². The molecule has 2 fully saturated rings. The minimum absolute atomic E-state index is 0.311. The molecule has 1 amide bonds. The van der Waals surface area contributed by atoms with Crippen LogP contribution in [0.1, 0.15) is 31.2 Å². The lowest BCUT2D eigenvalue weighted by molar-refractivity contribution is -0.131. The number of likely N-dealkylation sites (tertiary alicyclic amines) is 1. The molecule has 1 atom stereocenters. The summed E-state index contributed by atoms with van der Waals surface area (Å²) in [5.74, 6) is 1.93. The predicted octanol–water partition coefficient (Wildman–Crippen LogP) is 4.08. The number of anilines is 1. The van der Waals surface area contributed by atoms with Crippen molar-refractivity contribution in [3.05, 3.63) is 59.2 Å². The third-order valence-corrected chi connectivity index (χ3v) is 6.55. The number of benzene rings is 1. The lowest BCUT2D eigenvalue weighted by Gasteiger charge is -2.36. The molecular weight excluding hydrogens is 396 g/mol. The smallest absolute Gasteiger partial charge is 0.222 e. The maximum absolute atomic E-state index is 12.8. The first-order chi connectivity index (χ1) is 14.7. The fourth-order valence-electron chi connectivity index (χ4n) is 4.59. The molecule has 0 N–H and O–H groups in total.